The Hall–Kier alpha value is -3.96. The van der Waals surface area contributed by atoms with Crippen LogP contribution in [0.3, 0.4) is 0 Å². The van der Waals surface area contributed by atoms with Crippen LogP contribution in [0.25, 0.3) is 27.8 Å². The van der Waals surface area contributed by atoms with E-state index in [1.165, 1.54) is 14.2 Å². The number of benzene rings is 2. The molecule has 32 heavy (non-hydrogen) atoms. The van der Waals surface area contributed by atoms with E-state index in [0.29, 0.717) is 50.1 Å². The highest BCUT2D eigenvalue weighted by Gasteiger charge is 2.26. The summed E-state index contributed by atoms with van der Waals surface area (Å²) in [6, 6.07) is 12.9. The summed E-state index contributed by atoms with van der Waals surface area (Å²) in [5.74, 6) is 1.40. The lowest BCUT2D eigenvalue weighted by atomic mass is 9.95. The summed E-state index contributed by atoms with van der Waals surface area (Å²) in [6.07, 6.45) is 0. The van der Waals surface area contributed by atoms with Gasteiger partial charge in [-0.05, 0) is 43.3 Å². The zero-order valence-corrected chi connectivity index (χ0v) is 18.7. The molecule has 0 radical (unpaired) electrons. The second-order valence-electron chi connectivity index (χ2n) is 6.91. The van der Waals surface area contributed by atoms with Gasteiger partial charge in [0.1, 0.15) is 17.5 Å². The summed E-state index contributed by atoms with van der Waals surface area (Å²) < 4.78 is 18.3. The van der Waals surface area contributed by atoms with Gasteiger partial charge in [0.15, 0.2) is 17.1 Å². The van der Waals surface area contributed by atoms with Crippen molar-refractivity contribution >= 4 is 28.5 Å². The van der Waals surface area contributed by atoms with Crippen molar-refractivity contribution in [1.82, 2.24) is 14.8 Å². The Balaban J connectivity index is 2.13. The molecule has 0 aliphatic heterocycles. The van der Waals surface area contributed by atoms with Crippen molar-refractivity contribution in [2.24, 2.45) is 0 Å². The van der Waals surface area contributed by atoms with Gasteiger partial charge in [0.2, 0.25) is 5.75 Å². The van der Waals surface area contributed by atoms with E-state index in [0.717, 1.165) is 5.69 Å². The topological polar surface area (TPSA) is 108 Å². The van der Waals surface area contributed by atoms with Crippen LogP contribution in [0.15, 0.2) is 36.4 Å². The van der Waals surface area contributed by atoms with Crippen molar-refractivity contribution in [3.8, 4) is 40.1 Å². The molecule has 9 heteroatoms. The second-order valence-corrected chi connectivity index (χ2v) is 7.35. The molecular formula is C23H20ClN5O3. The standard InChI is InChI=1S/C23H20ClN5O3/c1-12-18-19(15-9-10-17(30-2)21(32-4)20(15)31-3)16(11-25)22(26)27-23(18)29(28-12)14-7-5-13(24)6-8-14/h5-10H,1-4H3,(H2,26,27). The lowest BCUT2D eigenvalue weighted by Gasteiger charge is -2.17. The van der Waals surface area contributed by atoms with E-state index in [9.17, 15) is 5.26 Å². The number of aryl methyl sites for hydroxylation is 1. The molecule has 0 bridgehead atoms. The Kier molecular flexibility index (Phi) is 5.51. The van der Waals surface area contributed by atoms with Gasteiger partial charge in [-0.15, -0.1) is 0 Å². The number of aromatic nitrogens is 3. The fourth-order valence-corrected chi connectivity index (χ4v) is 3.90. The highest BCUT2D eigenvalue weighted by Crippen LogP contribution is 2.48. The highest BCUT2D eigenvalue weighted by molar-refractivity contribution is 6.30. The summed E-state index contributed by atoms with van der Waals surface area (Å²) in [6.45, 7) is 1.85. The highest BCUT2D eigenvalue weighted by atomic mass is 35.5. The van der Waals surface area contributed by atoms with Crippen molar-refractivity contribution in [2.75, 3.05) is 27.1 Å². The first-order valence-electron chi connectivity index (χ1n) is 9.59. The molecule has 8 nitrogen and oxygen atoms in total. The van der Waals surface area contributed by atoms with E-state index in [4.69, 9.17) is 31.5 Å². The summed E-state index contributed by atoms with van der Waals surface area (Å²) in [7, 11) is 4.59. The SMILES string of the molecule is COc1ccc(-c2c(C#N)c(N)nc3c2c(C)nn3-c2ccc(Cl)cc2)c(OC)c1OC. The van der Waals surface area contributed by atoms with Crippen LogP contribution in [0.5, 0.6) is 17.2 Å². The molecule has 2 aromatic carbocycles. The minimum atomic E-state index is 0.0851. The predicted octanol–water partition coefficient (Wildman–Crippen LogP) is 4.53. The van der Waals surface area contributed by atoms with E-state index in [2.05, 4.69) is 16.2 Å². The van der Waals surface area contributed by atoms with Crippen LogP contribution in [0.4, 0.5) is 5.82 Å². The maximum atomic E-state index is 9.95. The number of hydrogen-bond acceptors (Lipinski definition) is 7. The van der Waals surface area contributed by atoms with Gasteiger partial charge in [-0.3, -0.25) is 0 Å². The molecular weight excluding hydrogens is 430 g/mol. The third-order valence-electron chi connectivity index (χ3n) is 5.18. The molecule has 0 atom stereocenters. The van der Waals surface area contributed by atoms with Gasteiger partial charge in [-0.1, -0.05) is 11.6 Å². The Labute approximate surface area is 189 Å². The number of nitriles is 1. The Morgan fingerprint density at radius 2 is 1.69 bits per heavy atom. The van der Waals surface area contributed by atoms with Crippen LogP contribution < -0.4 is 19.9 Å². The fourth-order valence-electron chi connectivity index (χ4n) is 3.78. The van der Waals surface area contributed by atoms with E-state index in [1.807, 2.05) is 19.1 Å². The summed E-state index contributed by atoms with van der Waals surface area (Å²) >= 11 is 6.04. The van der Waals surface area contributed by atoms with Gasteiger partial charge in [0.25, 0.3) is 0 Å². The Bertz CT molecular complexity index is 1370. The molecule has 4 rings (SSSR count). The molecule has 2 aromatic heterocycles. The molecule has 0 spiro atoms. The molecule has 0 amide bonds. The molecule has 0 aliphatic carbocycles. The number of nitrogens with two attached hydrogens (primary N) is 1. The number of methoxy groups -OCH3 is 3. The Morgan fingerprint density at radius 3 is 2.28 bits per heavy atom. The lowest BCUT2D eigenvalue weighted by molar-refractivity contribution is 0.325. The summed E-state index contributed by atoms with van der Waals surface area (Å²) in [5.41, 5.74) is 9.57. The molecule has 0 unspecified atom stereocenters. The maximum Gasteiger partial charge on any atom is 0.203 e. The molecule has 2 N–H and O–H groups in total. The number of hydrogen-bond donors (Lipinski definition) is 1. The number of halogens is 1. The van der Waals surface area contributed by atoms with Gasteiger partial charge >= 0.3 is 0 Å². The van der Waals surface area contributed by atoms with E-state index < -0.39 is 0 Å². The number of nitrogen functional groups attached to an aromatic ring is 1. The average Bonchev–Trinajstić information content (AvgIpc) is 3.13. The van der Waals surface area contributed by atoms with Crippen LogP contribution >= 0.6 is 11.6 Å². The summed E-state index contributed by atoms with van der Waals surface area (Å²) in [4.78, 5) is 4.51. The molecule has 0 fully saturated rings. The third kappa shape index (κ3) is 3.24. The van der Waals surface area contributed by atoms with Crippen LogP contribution in [0.1, 0.15) is 11.3 Å². The fraction of sp³-hybridized carbons (Fsp3) is 0.174. The van der Waals surface area contributed by atoms with Gasteiger partial charge in [-0.2, -0.15) is 10.4 Å². The van der Waals surface area contributed by atoms with Crippen molar-refractivity contribution in [3.05, 3.63) is 52.7 Å². The molecule has 4 aromatic rings. The first-order chi connectivity index (χ1) is 15.4. The number of anilines is 1. The zero-order chi connectivity index (χ0) is 23.0. The second kappa shape index (κ2) is 8.29. The van der Waals surface area contributed by atoms with E-state index in [1.54, 1.807) is 36.1 Å². The predicted molar refractivity (Wildman–Crippen MR) is 123 cm³/mol. The first-order valence-corrected chi connectivity index (χ1v) is 9.97. The van der Waals surface area contributed by atoms with Gasteiger partial charge in [-0.25, -0.2) is 9.67 Å². The number of nitrogens with zero attached hydrogens (tertiary/aromatic N) is 4. The zero-order valence-electron chi connectivity index (χ0n) is 17.9. The van der Waals surface area contributed by atoms with Crippen molar-refractivity contribution < 1.29 is 14.2 Å². The minimum Gasteiger partial charge on any atom is -0.493 e. The van der Waals surface area contributed by atoms with Gasteiger partial charge in [0, 0.05) is 16.1 Å². The largest absolute Gasteiger partial charge is 0.493 e. The number of fused-ring (bicyclic) bond motifs is 1. The number of rotatable bonds is 5. The van der Waals surface area contributed by atoms with Crippen molar-refractivity contribution in [3.63, 3.8) is 0 Å². The average molecular weight is 450 g/mol. The Morgan fingerprint density at radius 1 is 1.00 bits per heavy atom. The molecule has 0 saturated heterocycles. The lowest BCUT2D eigenvalue weighted by Crippen LogP contribution is -2.04. The monoisotopic (exact) mass is 449 g/mol. The van der Waals surface area contributed by atoms with Gasteiger partial charge < -0.3 is 19.9 Å². The van der Waals surface area contributed by atoms with Crippen LogP contribution in [-0.4, -0.2) is 36.1 Å². The van der Waals surface area contributed by atoms with Crippen LogP contribution in [-0.2, 0) is 0 Å². The van der Waals surface area contributed by atoms with Crippen molar-refractivity contribution in [2.45, 2.75) is 6.92 Å². The molecule has 0 aliphatic rings. The summed E-state index contributed by atoms with van der Waals surface area (Å²) in [5, 5.41) is 15.9. The third-order valence-corrected chi connectivity index (χ3v) is 5.43. The minimum absolute atomic E-state index is 0.0851. The van der Waals surface area contributed by atoms with Crippen molar-refractivity contribution in [1.29, 1.82) is 5.26 Å². The van der Waals surface area contributed by atoms with Gasteiger partial charge in [0.05, 0.1) is 38.1 Å². The quantitative estimate of drug-likeness (QED) is 0.476. The normalized spacial score (nSPS) is 10.8. The van der Waals surface area contributed by atoms with E-state index in [-0.39, 0.29) is 11.4 Å². The maximum absolute atomic E-state index is 9.95. The molecule has 162 valence electrons. The van der Waals surface area contributed by atoms with Crippen LogP contribution in [0, 0.1) is 18.3 Å². The number of pyridine rings is 1. The molecule has 0 saturated carbocycles. The van der Waals surface area contributed by atoms with Crippen LogP contribution in [0.2, 0.25) is 5.02 Å². The number of ether oxygens (including phenoxy) is 3. The molecule has 2 heterocycles. The first kappa shape index (κ1) is 21.3. The smallest absolute Gasteiger partial charge is 0.203 e. The van der Waals surface area contributed by atoms with E-state index >= 15 is 0 Å².